The van der Waals surface area contributed by atoms with Crippen LogP contribution in [0, 0.1) is 0 Å². The molecule has 1 rings (SSSR count). The van der Waals surface area contributed by atoms with Gasteiger partial charge in [0.05, 0.1) is 13.1 Å². The SMILES string of the molecule is CCCN(C)Cc1ccc(CNC(C)C)o1. The third kappa shape index (κ3) is 4.81. The first-order valence-corrected chi connectivity index (χ1v) is 6.11. The summed E-state index contributed by atoms with van der Waals surface area (Å²) < 4.78 is 5.75. The summed E-state index contributed by atoms with van der Waals surface area (Å²) in [6.07, 6.45) is 1.18. The molecule has 0 aliphatic carbocycles. The Kier molecular flexibility index (Phi) is 5.56. The van der Waals surface area contributed by atoms with E-state index in [9.17, 15) is 0 Å². The molecule has 1 heterocycles. The summed E-state index contributed by atoms with van der Waals surface area (Å²) >= 11 is 0. The van der Waals surface area contributed by atoms with E-state index in [1.807, 2.05) is 0 Å². The highest BCUT2D eigenvalue weighted by atomic mass is 16.3. The number of hydrogen-bond donors (Lipinski definition) is 1. The molecule has 0 atom stereocenters. The number of nitrogens with zero attached hydrogens (tertiary/aromatic N) is 1. The second-order valence-electron chi connectivity index (χ2n) is 4.64. The summed E-state index contributed by atoms with van der Waals surface area (Å²) in [5.74, 6) is 2.07. The van der Waals surface area contributed by atoms with Crippen LogP contribution in [0.25, 0.3) is 0 Å². The maximum Gasteiger partial charge on any atom is 0.118 e. The molecule has 16 heavy (non-hydrogen) atoms. The lowest BCUT2D eigenvalue weighted by Crippen LogP contribution is -2.21. The van der Waals surface area contributed by atoms with E-state index in [0.717, 1.165) is 31.2 Å². The third-order valence-corrected chi connectivity index (χ3v) is 2.43. The normalized spacial score (nSPS) is 11.6. The first-order chi connectivity index (χ1) is 7.61. The highest BCUT2D eigenvalue weighted by Gasteiger charge is 2.05. The maximum atomic E-state index is 5.75. The minimum Gasteiger partial charge on any atom is -0.463 e. The van der Waals surface area contributed by atoms with Crippen LogP contribution in [0.1, 0.15) is 38.7 Å². The van der Waals surface area contributed by atoms with Gasteiger partial charge in [-0.3, -0.25) is 4.90 Å². The summed E-state index contributed by atoms with van der Waals surface area (Å²) in [6.45, 7) is 9.29. The second-order valence-corrected chi connectivity index (χ2v) is 4.64. The number of hydrogen-bond acceptors (Lipinski definition) is 3. The topological polar surface area (TPSA) is 28.4 Å². The van der Waals surface area contributed by atoms with E-state index >= 15 is 0 Å². The number of nitrogens with one attached hydrogen (secondary N) is 1. The van der Waals surface area contributed by atoms with Crippen molar-refractivity contribution in [1.82, 2.24) is 10.2 Å². The Balaban J connectivity index is 2.39. The Labute approximate surface area is 98.8 Å². The summed E-state index contributed by atoms with van der Waals surface area (Å²) in [5.41, 5.74) is 0. The predicted molar refractivity (Wildman–Crippen MR) is 67.3 cm³/mol. The summed E-state index contributed by atoms with van der Waals surface area (Å²) in [6, 6.07) is 4.63. The van der Waals surface area contributed by atoms with E-state index in [2.05, 4.69) is 50.2 Å². The minimum absolute atomic E-state index is 0.497. The molecule has 0 aliphatic rings. The van der Waals surface area contributed by atoms with Gasteiger partial charge < -0.3 is 9.73 Å². The van der Waals surface area contributed by atoms with Gasteiger partial charge in [0.15, 0.2) is 0 Å². The highest BCUT2D eigenvalue weighted by molar-refractivity contribution is 5.07. The summed E-state index contributed by atoms with van der Waals surface area (Å²) in [5, 5.41) is 3.35. The van der Waals surface area contributed by atoms with Crippen LogP contribution in [0.15, 0.2) is 16.5 Å². The lowest BCUT2D eigenvalue weighted by Gasteiger charge is -2.13. The first kappa shape index (κ1) is 13.3. The zero-order valence-corrected chi connectivity index (χ0v) is 10.9. The summed E-state index contributed by atoms with van der Waals surface area (Å²) in [7, 11) is 2.12. The first-order valence-electron chi connectivity index (χ1n) is 6.11. The van der Waals surface area contributed by atoms with Crippen molar-refractivity contribution < 1.29 is 4.42 Å². The average molecular weight is 224 g/mol. The van der Waals surface area contributed by atoms with Crippen molar-refractivity contribution in [2.24, 2.45) is 0 Å². The molecule has 0 amide bonds. The van der Waals surface area contributed by atoms with Gasteiger partial charge in [-0.1, -0.05) is 20.8 Å². The van der Waals surface area contributed by atoms with Crippen LogP contribution >= 0.6 is 0 Å². The van der Waals surface area contributed by atoms with Crippen molar-refractivity contribution in [2.45, 2.75) is 46.3 Å². The molecule has 1 aromatic rings. The number of furan rings is 1. The molecular weight excluding hydrogens is 200 g/mol. The molecule has 1 N–H and O–H groups in total. The Morgan fingerprint density at radius 1 is 1.31 bits per heavy atom. The van der Waals surface area contributed by atoms with Crippen LogP contribution in [-0.4, -0.2) is 24.5 Å². The van der Waals surface area contributed by atoms with Gasteiger partial charge in [-0.25, -0.2) is 0 Å². The molecule has 0 saturated carbocycles. The Morgan fingerprint density at radius 2 is 2.00 bits per heavy atom. The van der Waals surface area contributed by atoms with Crippen LogP contribution in [0.4, 0.5) is 0 Å². The van der Waals surface area contributed by atoms with Crippen molar-refractivity contribution in [3.05, 3.63) is 23.7 Å². The molecule has 1 aromatic heterocycles. The summed E-state index contributed by atoms with van der Waals surface area (Å²) in [4.78, 5) is 2.28. The smallest absolute Gasteiger partial charge is 0.118 e. The zero-order chi connectivity index (χ0) is 12.0. The average Bonchev–Trinajstić information content (AvgIpc) is 2.63. The maximum absolute atomic E-state index is 5.75. The van der Waals surface area contributed by atoms with Crippen LogP contribution in [0.2, 0.25) is 0 Å². The van der Waals surface area contributed by atoms with E-state index in [0.29, 0.717) is 6.04 Å². The number of rotatable bonds is 7. The Bertz CT molecular complexity index is 294. The van der Waals surface area contributed by atoms with Gasteiger partial charge in [-0.2, -0.15) is 0 Å². The lowest BCUT2D eigenvalue weighted by molar-refractivity contribution is 0.289. The largest absolute Gasteiger partial charge is 0.463 e. The van der Waals surface area contributed by atoms with Crippen molar-refractivity contribution in [2.75, 3.05) is 13.6 Å². The predicted octanol–water partition coefficient (Wildman–Crippen LogP) is 2.62. The van der Waals surface area contributed by atoms with Gasteiger partial charge in [0.25, 0.3) is 0 Å². The van der Waals surface area contributed by atoms with E-state index < -0.39 is 0 Å². The van der Waals surface area contributed by atoms with Gasteiger partial charge in [0.1, 0.15) is 11.5 Å². The second kappa shape index (κ2) is 6.71. The quantitative estimate of drug-likeness (QED) is 0.771. The molecule has 0 saturated heterocycles. The van der Waals surface area contributed by atoms with Crippen molar-refractivity contribution >= 4 is 0 Å². The lowest BCUT2D eigenvalue weighted by atomic mass is 10.3. The highest BCUT2D eigenvalue weighted by Crippen LogP contribution is 2.10. The Morgan fingerprint density at radius 3 is 2.62 bits per heavy atom. The molecule has 0 unspecified atom stereocenters. The fraction of sp³-hybridized carbons (Fsp3) is 0.692. The van der Waals surface area contributed by atoms with Crippen LogP contribution < -0.4 is 5.32 Å². The van der Waals surface area contributed by atoms with Gasteiger partial charge in [0.2, 0.25) is 0 Å². The van der Waals surface area contributed by atoms with E-state index in [1.54, 1.807) is 0 Å². The van der Waals surface area contributed by atoms with Gasteiger partial charge in [-0.05, 0) is 32.1 Å². The molecule has 0 spiro atoms. The standard InChI is InChI=1S/C13H24N2O/c1-5-8-15(4)10-13-7-6-12(16-13)9-14-11(2)3/h6-7,11,14H,5,8-10H2,1-4H3. The molecule has 0 bridgehead atoms. The Hall–Kier alpha value is -0.800. The fourth-order valence-electron chi connectivity index (χ4n) is 1.63. The molecule has 0 fully saturated rings. The van der Waals surface area contributed by atoms with E-state index in [4.69, 9.17) is 4.42 Å². The molecule has 0 radical (unpaired) electrons. The third-order valence-electron chi connectivity index (χ3n) is 2.43. The van der Waals surface area contributed by atoms with Crippen molar-refractivity contribution in [3.63, 3.8) is 0 Å². The van der Waals surface area contributed by atoms with Crippen LogP contribution in [0.5, 0.6) is 0 Å². The van der Waals surface area contributed by atoms with Crippen LogP contribution in [-0.2, 0) is 13.1 Å². The molecule has 0 aliphatic heterocycles. The molecule has 3 heteroatoms. The van der Waals surface area contributed by atoms with Crippen molar-refractivity contribution in [3.8, 4) is 0 Å². The van der Waals surface area contributed by atoms with Gasteiger partial charge in [0, 0.05) is 6.04 Å². The molecule has 0 aromatic carbocycles. The monoisotopic (exact) mass is 224 g/mol. The van der Waals surface area contributed by atoms with Gasteiger partial charge in [-0.15, -0.1) is 0 Å². The molecule has 3 nitrogen and oxygen atoms in total. The fourth-order valence-corrected chi connectivity index (χ4v) is 1.63. The van der Waals surface area contributed by atoms with E-state index in [-0.39, 0.29) is 0 Å². The van der Waals surface area contributed by atoms with E-state index in [1.165, 1.54) is 6.42 Å². The minimum atomic E-state index is 0.497. The molecular formula is C13H24N2O. The van der Waals surface area contributed by atoms with Crippen molar-refractivity contribution in [1.29, 1.82) is 0 Å². The zero-order valence-electron chi connectivity index (χ0n) is 10.9. The molecule has 92 valence electrons. The van der Waals surface area contributed by atoms with Crippen LogP contribution in [0.3, 0.4) is 0 Å². The van der Waals surface area contributed by atoms with Gasteiger partial charge >= 0.3 is 0 Å².